The molecule has 3 radical (unpaired) electrons. The first-order chi connectivity index (χ1) is 36.3. The first kappa shape index (κ1) is 53.7. The second-order valence-electron chi connectivity index (χ2n) is 22.6. The Morgan fingerprint density at radius 2 is 1.84 bits per heavy atom. The van der Waals surface area contributed by atoms with Crippen molar-refractivity contribution in [3.63, 3.8) is 0 Å². The Hall–Kier alpha value is -5.71. The summed E-state index contributed by atoms with van der Waals surface area (Å²) in [6, 6.07) is 6.46. The van der Waals surface area contributed by atoms with Crippen LogP contribution in [0.5, 0.6) is 0 Å². The number of morpholine rings is 1. The van der Waals surface area contributed by atoms with Crippen LogP contribution in [0.15, 0.2) is 48.5 Å². The van der Waals surface area contributed by atoms with E-state index in [4.69, 9.17) is 24.2 Å². The van der Waals surface area contributed by atoms with Crippen molar-refractivity contribution in [3.05, 3.63) is 64.8 Å². The highest BCUT2D eigenvalue weighted by molar-refractivity contribution is 7.10. The van der Waals surface area contributed by atoms with Gasteiger partial charge in [0.15, 0.2) is 0 Å². The zero-order valence-corrected chi connectivity index (χ0v) is 47.0. The number of amides is 5. The smallest absolute Gasteiger partial charge is 0.324 e. The number of pyridine rings is 1. The molecule has 1 spiro atoms. The topological polar surface area (TPSA) is 187 Å². The second kappa shape index (κ2) is 20.9. The summed E-state index contributed by atoms with van der Waals surface area (Å²) in [5.74, 6) is -2.46. The lowest BCUT2D eigenvalue weighted by Gasteiger charge is -2.43. The molecule has 3 aromatic heterocycles. The summed E-state index contributed by atoms with van der Waals surface area (Å²) in [7, 11) is 9.33. The van der Waals surface area contributed by atoms with E-state index in [2.05, 4.69) is 94.0 Å². The summed E-state index contributed by atoms with van der Waals surface area (Å²) in [5.41, 5.74) is 9.49. The summed E-state index contributed by atoms with van der Waals surface area (Å²) in [5, 5.41) is 6.24. The van der Waals surface area contributed by atoms with Gasteiger partial charge in [-0.25, -0.2) is 15.2 Å². The number of anilines is 1. The summed E-state index contributed by atoms with van der Waals surface area (Å²) < 4.78 is 21.5. The van der Waals surface area contributed by atoms with Gasteiger partial charge in [-0.3, -0.25) is 29.2 Å². The molecule has 21 heteroatoms. The van der Waals surface area contributed by atoms with Crippen molar-refractivity contribution in [2.45, 2.75) is 102 Å². The Labute approximate surface area is 452 Å². The van der Waals surface area contributed by atoms with Crippen LogP contribution >= 0.6 is 11.3 Å². The van der Waals surface area contributed by atoms with Crippen LogP contribution in [0, 0.1) is 11.3 Å². The van der Waals surface area contributed by atoms with Crippen LogP contribution < -0.4 is 15.6 Å². The molecule has 0 saturated carbocycles. The van der Waals surface area contributed by atoms with Gasteiger partial charge in [0.2, 0.25) is 11.8 Å². The third kappa shape index (κ3) is 9.73. The maximum Gasteiger partial charge on any atom is 0.324 e. The number of thiazole rings is 1. The van der Waals surface area contributed by atoms with Gasteiger partial charge < -0.3 is 48.6 Å². The highest BCUT2D eigenvalue weighted by Crippen LogP contribution is 2.57. The van der Waals surface area contributed by atoms with Crippen LogP contribution in [0.1, 0.15) is 82.2 Å². The molecule has 1 aromatic carbocycles. The van der Waals surface area contributed by atoms with Gasteiger partial charge in [-0.05, 0) is 69.0 Å². The van der Waals surface area contributed by atoms with Gasteiger partial charge >= 0.3 is 12.0 Å². The molecule has 8 heterocycles. The molecule has 4 aromatic rings. The normalized spacial score (nSPS) is 26.3. The fourth-order valence-corrected chi connectivity index (χ4v) is 14.1. The number of hydrogen-bond donors (Lipinski definition) is 2. The standard InChI is InChI=1S/C55H72N11O8SSi/c1-10-42(67)63-23-24-74-54(30-63)16-18-64(31-54)52(71)61(8)46(33(3)4)49(68)58-55(76)27-41-57-39(29-75-41)34-14-15-40-36(25-34)43-44(53(5,6)32-73-50(69)38-13-12-17-66(59-38)51(55)70)48(72-9)45-37(47(43)65(40)11-2)26-35(28-56-45)62-21-19-60(7)20-22-62/h10,14-15,25-26,28-29,33,38,44,46,48,59H,1,11-13,16-24,27,30-32H2,2-9H3,(H,58,68)/t38-,44?,46-,48-,54-,55+/m0/s1. The molecule has 6 bridgehead atoms. The molecule has 1 aliphatic carbocycles. The van der Waals surface area contributed by atoms with Gasteiger partial charge in [0.1, 0.15) is 29.0 Å². The van der Waals surface area contributed by atoms with E-state index in [1.54, 1.807) is 24.0 Å². The number of aryl methyl sites for hydroxylation is 1. The number of esters is 1. The van der Waals surface area contributed by atoms with Gasteiger partial charge in [0.05, 0.1) is 70.5 Å². The van der Waals surface area contributed by atoms with Gasteiger partial charge in [0, 0.05) is 112 Å². The summed E-state index contributed by atoms with van der Waals surface area (Å²) in [4.78, 5) is 91.3. The summed E-state index contributed by atoms with van der Waals surface area (Å²) in [6.45, 7) is 20.2. The number of carbonyl (C=O) groups excluding carboxylic acids is 5. The van der Waals surface area contributed by atoms with Gasteiger partial charge in [-0.1, -0.05) is 40.3 Å². The van der Waals surface area contributed by atoms with Crippen molar-refractivity contribution >= 4 is 67.9 Å². The molecule has 5 amide bonds. The number of nitrogens with zero attached hydrogens (tertiary/aromatic N) is 9. The molecule has 76 heavy (non-hydrogen) atoms. The van der Waals surface area contributed by atoms with Crippen LogP contribution in [0.4, 0.5) is 10.5 Å². The number of fused-ring (bicyclic) bond motifs is 8. The molecule has 4 saturated heterocycles. The number of cyclic esters (lactones) is 1. The Bertz CT molecular complexity index is 2940. The zero-order chi connectivity index (χ0) is 54.0. The number of aromatic nitrogens is 3. The number of likely N-dealkylation sites (tertiary alicyclic amines) is 1. The quantitative estimate of drug-likeness (QED) is 0.142. The lowest BCUT2D eigenvalue weighted by Crippen LogP contribution is -2.68. The molecule has 6 aliphatic rings. The molecular formula is C55H72N11O8SSi. The molecule has 6 atom stereocenters. The number of rotatable bonds is 8. The molecule has 19 nitrogen and oxygen atoms in total. The molecule has 5 aliphatic heterocycles. The van der Waals surface area contributed by atoms with Crippen molar-refractivity contribution in [2.24, 2.45) is 11.3 Å². The number of benzene rings is 1. The lowest BCUT2D eigenvalue weighted by atomic mass is 9.67. The molecular weight excluding hydrogens is 1000 g/mol. The van der Waals surface area contributed by atoms with Crippen molar-refractivity contribution < 1.29 is 38.2 Å². The number of hydrazine groups is 1. The van der Waals surface area contributed by atoms with Gasteiger partial charge in [0.25, 0.3) is 5.91 Å². The predicted molar refractivity (Wildman–Crippen MR) is 291 cm³/mol. The Morgan fingerprint density at radius 1 is 1.08 bits per heavy atom. The fourth-order valence-electron chi connectivity index (χ4n) is 12.6. The van der Waals surface area contributed by atoms with Crippen LogP contribution in [0.3, 0.4) is 0 Å². The largest absolute Gasteiger partial charge is 0.464 e. The van der Waals surface area contributed by atoms with Crippen LogP contribution in [-0.2, 0) is 46.4 Å². The third-order valence-electron chi connectivity index (χ3n) is 16.6. The van der Waals surface area contributed by atoms with E-state index >= 15 is 4.79 Å². The SMILES string of the molecule is C=CC(=O)N1CCO[C@@]2(CCN(C(=O)N(C)[C@H](C(=O)N[C@@]3([Si])Cc4nc(cs4)-c4ccc5c(c4)c4c(n5CC)-c5cc(N6CCN(C)CC6)cnc5[C@@H](OC)C4C(C)(C)COC(=O)[C@@H]4CCCN(N4)C3=O)C(C)C)C2)C1. The maximum absolute atomic E-state index is 15.2. The Balaban J connectivity index is 1.01. The number of likely N-dealkylation sites (N-methyl/N-ethyl adjacent to an activating group) is 2. The summed E-state index contributed by atoms with van der Waals surface area (Å²) in [6.07, 6.45) is 4.16. The predicted octanol–water partition coefficient (Wildman–Crippen LogP) is 4.55. The second-order valence-corrected chi connectivity index (χ2v) is 24.4. The van der Waals surface area contributed by atoms with E-state index in [-0.39, 0.29) is 49.9 Å². The molecule has 405 valence electrons. The molecule has 2 N–H and O–H groups in total. The van der Waals surface area contributed by atoms with E-state index in [0.717, 1.165) is 70.8 Å². The van der Waals surface area contributed by atoms with Crippen LogP contribution in [0.2, 0.25) is 0 Å². The zero-order valence-electron chi connectivity index (χ0n) is 45.1. The highest BCUT2D eigenvalue weighted by Gasteiger charge is 2.50. The molecule has 10 rings (SSSR count). The van der Waals surface area contributed by atoms with Crippen molar-refractivity contribution in [3.8, 4) is 22.5 Å². The van der Waals surface area contributed by atoms with Crippen molar-refractivity contribution in [1.29, 1.82) is 0 Å². The van der Waals surface area contributed by atoms with Crippen LogP contribution in [-0.4, -0.2) is 195 Å². The first-order valence-corrected chi connectivity index (χ1v) is 28.1. The molecule has 1 unspecified atom stereocenters. The van der Waals surface area contributed by atoms with Crippen LogP contribution in [0.25, 0.3) is 33.4 Å². The van der Waals surface area contributed by atoms with E-state index in [0.29, 0.717) is 62.7 Å². The van der Waals surface area contributed by atoms with Crippen molar-refractivity contribution in [2.75, 3.05) is 98.2 Å². The van der Waals surface area contributed by atoms with Gasteiger partial charge in [-0.15, -0.1) is 11.3 Å². The Kier molecular flexibility index (Phi) is 14.8. The van der Waals surface area contributed by atoms with E-state index in [1.165, 1.54) is 27.3 Å². The van der Waals surface area contributed by atoms with E-state index in [9.17, 15) is 19.2 Å². The number of nitrogens with one attached hydrogen (secondary N) is 2. The number of methoxy groups -OCH3 is 1. The van der Waals surface area contributed by atoms with E-state index < -0.39 is 52.1 Å². The number of urea groups is 1. The number of piperazine rings is 1. The monoisotopic (exact) mass is 1070 g/mol. The highest BCUT2D eigenvalue weighted by atomic mass is 32.1. The minimum atomic E-state index is -1.78. The lowest BCUT2D eigenvalue weighted by molar-refractivity contribution is -0.157. The Morgan fingerprint density at radius 3 is 2.57 bits per heavy atom. The number of hydrogen-bond acceptors (Lipinski definition) is 14. The average molecular weight is 1080 g/mol. The molecule has 4 fully saturated rings. The average Bonchev–Trinajstić information content (AvgIpc) is 4.17. The summed E-state index contributed by atoms with van der Waals surface area (Å²) >= 11 is 1.38. The van der Waals surface area contributed by atoms with E-state index in [1.807, 2.05) is 25.4 Å². The number of ether oxygens (including phenoxy) is 3. The first-order valence-electron chi connectivity index (χ1n) is 26.8. The minimum Gasteiger partial charge on any atom is -0.464 e. The maximum atomic E-state index is 15.2. The fraction of sp³-hybridized carbons (Fsp3) is 0.582. The van der Waals surface area contributed by atoms with Gasteiger partial charge in [-0.2, -0.15) is 0 Å². The van der Waals surface area contributed by atoms with Crippen molar-refractivity contribution in [1.82, 2.24) is 49.9 Å². The third-order valence-corrected chi connectivity index (χ3v) is 18.0. The number of carbonyl (C=O) groups is 5. The minimum absolute atomic E-state index is 0.0460.